The van der Waals surface area contributed by atoms with Crippen LogP contribution in [0, 0.1) is 11.3 Å². The molecule has 2 aromatic heterocycles. The topological polar surface area (TPSA) is 89.7 Å². The maximum absolute atomic E-state index is 11.8. The van der Waals surface area contributed by atoms with Crippen molar-refractivity contribution in [2.24, 2.45) is 11.3 Å². The highest BCUT2D eigenvalue weighted by Gasteiger charge is 2.42. The van der Waals surface area contributed by atoms with E-state index in [4.69, 9.17) is 9.47 Å². The largest absolute Gasteiger partial charge is 0.477 e. The van der Waals surface area contributed by atoms with Crippen molar-refractivity contribution in [3.05, 3.63) is 18.6 Å². The number of hydrogen-bond acceptors (Lipinski definition) is 5. The lowest BCUT2D eigenvalue weighted by Gasteiger charge is -2.46. The molecule has 0 bridgehead atoms. The zero-order valence-electron chi connectivity index (χ0n) is 20.3. The maximum Gasteiger partial charge on any atom is 0.407 e. The molecule has 1 fully saturated rings. The van der Waals surface area contributed by atoms with E-state index in [0.29, 0.717) is 25.8 Å². The molecule has 0 saturated carbocycles. The molecule has 3 heterocycles. The van der Waals surface area contributed by atoms with Crippen molar-refractivity contribution in [3.63, 3.8) is 0 Å². The standard InChI is InChI=1S/C23H38N4O4Si/c1-23(2,3)19-17(8-7-10-27(19)22(28)29)14-31-21-18-9-11-26(20(18)24-15-25-21)16-30-12-13-32(4,5)6/h9,11,15,17,19H,7-8,10,12-14,16H2,1-6H3,(H,28,29). The van der Waals surface area contributed by atoms with E-state index >= 15 is 0 Å². The summed E-state index contributed by atoms with van der Waals surface area (Å²) in [6, 6.07) is 2.98. The number of fused-ring (bicyclic) bond motifs is 1. The molecule has 8 nitrogen and oxygen atoms in total. The van der Waals surface area contributed by atoms with Gasteiger partial charge in [0, 0.05) is 39.4 Å². The fourth-order valence-corrected chi connectivity index (χ4v) is 5.32. The molecule has 1 aliphatic heterocycles. The SMILES string of the molecule is CC(C)(C)C1C(COc2ncnc3c2ccn3COCC[Si](C)(C)C)CCCN1C(=O)O. The normalized spacial score (nSPS) is 20.0. The summed E-state index contributed by atoms with van der Waals surface area (Å²) in [5.41, 5.74) is 0.607. The summed E-state index contributed by atoms with van der Waals surface area (Å²) in [5.74, 6) is 0.646. The minimum absolute atomic E-state index is 0.101. The van der Waals surface area contributed by atoms with E-state index in [9.17, 15) is 9.90 Å². The van der Waals surface area contributed by atoms with Crippen LogP contribution in [0.4, 0.5) is 4.79 Å². The summed E-state index contributed by atoms with van der Waals surface area (Å²) >= 11 is 0. The van der Waals surface area contributed by atoms with Gasteiger partial charge in [-0.2, -0.15) is 0 Å². The average Bonchev–Trinajstić information content (AvgIpc) is 3.11. The molecule has 1 saturated heterocycles. The zero-order valence-corrected chi connectivity index (χ0v) is 21.3. The Balaban J connectivity index is 1.69. The van der Waals surface area contributed by atoms with Gasteiger partial charge in [-0.15, -0.1) is 0 Å². The number of piperidine rings is 1. The van der Waals surface area contributed by atoms with E-state index in [-0.39, 0.29) is 17.4 Å². The molecule has 2 aromatic rings. The monoisotopic (exact) mass is 462 g/mol. The number of likely N-dealkylation sites (tertiary alicyclic amines) is 1. The Morgan fingerprint density at radius 1 is 1.28 bits per heavy atom. The van der Waals surface area contributed by atoms with Gasteiger partial charge in [-0.25, -0.2) is 14.8 Å². The van der Waals surface area contributed by atoms with Crippen molar-refractivity contribution < 1.29 is 19.4 Å². The molecule has 0 aromatic carbocycles. The molecular weight excluding hydrogens is 424 g/mol. The first kappa shape index (κ1) is 24.5. The molecule has 2 atom stereocenters. The Labute approximate surface area is 191 Å². The lowest BCUT2D eigenvalue weighted by molar-refractivity contribution is 0.00638. The number of rotatable bonds is 8. The predicted molar refractivity (Wildman–Crippen MR) is 128 cm³/mol. The molecule has 0 spiro atoms. The quantitative estimate of drug-likeness (QED) is 0.442. The molecule has 0 radical (unpaired) electrons. The average molecular weight is 463 g/mol. The fourth-order valence-electron chi connectivity index (χ4n) is 4.57. The number of ether oxygens (including phenoxy) is 2. The molecule has 9 heteroatoms. The Bertz CT molecular complexity index is 919. The summed E-state index contributed by atoms with van der Waals surface area (Å²) < 4.78 is 14.0. The third-order valence-electron chi connectivity index (χ3n) is 6.07. The Hall–Kier alpha value is -2.13. The molecule has 1 aliphatic rings. The molecule has 1 amide bonds. The lowest BCUT2D eigenvalue weighted by Crippen LogP contribution is -2.55. The van der Waals surface area contributed by atoms with Crippen LogP contribution < -0.4 is 4.74 Å². The van der Waals surface area contributed by atoms with Crippen molar-refractivity contribution >= 4 is 25.2 Å². The Morgan fingerprint density at radius 2 is 2.03 bits per heavy atom. The number of carboxylic acid groups (broad SMARTS) is 1. The van der Waals surface area contributed by atoms with Gasteiger partial charge in [-0.05, 0) is 30.4 Å². The number of aromatic nitrogens is 3. The molecule has 178 valence electrons. The minimum atomic E-state index is -1.12. The number of amides is 1. The van der Waals surface area contributed by atoms with E-state index in [0.717, 1.165) is 36.5 Å². The van der Waals surface area contributed by atoms with Crippen molar-refractivity contribution in [2.75, 3.05) is 19.8 Å². The highest BCUT2D eigenvalue weighted by molar-refractivity contribution is 6.76. The fraction of sp³-hybridized carbons (Fsp3) is 0.696. The van der Waals surface area contributed by atoms with Crippen LogP contribution in [-0.2, 0) is 11.5 Å². The summed E-state index contributed by atoms with van der Waals surface area (Å²) in [6.07, 6.45) is 4.39. The van der Waals surface area contributed by atoms with Gasteiger partial charge in [0.1, 0.15) is 18.7 Å². The second-order valence-corrected chi connectivity index (χ2v) is 16.7. The number of hydrogen-bond donors (Lipinski definition) is 1. The molecule has 32 heavy (non-hydrogen) atoms. The molecule has 3 rings (SSSR count). The first-order valence-corrected chi connectivity index (χ1v) is 15.2. The van der Waals surface area contributed by atoms with E-state index < -0.39 is 14.2 Å². The predicted octanol–water partition coefficient (Wildman–Crippen LogP) is 4.93. The van der Waals surface area contributed by atoms with E-state index in [1.807, 2.05) is 16.8 Å². The first-order chi connectivity index (χ1) is 15.0. The van der Waals surface area contributed by atoms with Gasteiger partial charge < -0.3 is 24.0 Å². The van der Waals surface area contributed by atoms with Crippen molar-refractivity contribution in [3.8, 4) is 5.88 Å². The van der Waals surface area contributed by atoms with E-state index in [2.05, 4.69) is 50.4 Å². The van der Waals surface area contributed by atoms with E-state index in [1.165, 1.54) is 6.33 Å². The minimum Gasteiger partial charge on any atom is -0.477 e. The molecule has 1 N–H and O–H groups in total. The van der Waals surface area contributed by atoms with Crippen molar-refractivity contribution in [1.82, 2.24) is 19.4 Å². The highest BCUT2D eigenvalue weighted by Crippen LogP contribution is 2.36. The van der Waals surface area contributed by atoms with Gasteiger partial charge in [0.05, 0.1) is 12.0 Å². The lowest BCUT2D eigenvalue weighted by atomic mass is 9.74. The van der Waals surface area contributed by atoms with Crippen LogP contribution in [0.25, 0.3) is 11.0 Å². The summed E-state index contributed by atoms with van der Waals surface area (Å²) in [6.45, 7) is 15.5. The second-order valence-electron chi connectivity index (χ2n) is 11.0. The summed E-state index contributed by atoms with van der Waals surface area (Å²) in [5, 5.41) is 10.6. The molecule has 0 aliphatic carbocycles. The highest BCUT2D eigenvalue weighted by atomic mass is 28.3. The van der Waals surface area contributed by atoms with Gasteiger partial charge in [-0.1, -0.05) is 40.4 Å². The smallest absolute Gasteiger partial charge is 0.407 e. The van der Waals surface area contributed by atoms with Crippen LogP contribution in [-0.4, -0.2) is 64.5 Å². The Kier molecular flexibility index (Phi) is 7.49. The van der Waals surface area contributed by atoms with Crippen LogP contribution in [0.15, 0.2) is 18.6 Å². The van der Waals surface area contributed by atoms with Gasteiger partial charge in [0.2, 0.25) is 5.88 Å². The second kappa shape index (κ2) is 9.78. The van der Waals surface area contributed by atoms with Gasteiger partial charge >= 0.3 is 6.09 Å². The number of carbonyl (C=O) groups is 1. The van der Waals surface area contributed by atoms with Crippen LogP contribution in [0.3, 0.4) is 0 Å². The van der Waals surface area contributed by atoms with Gasteiger partial charge in [0.25, 0.3) is 0 Å². The van der Waals surface area contributed by atoms with Crippen LogP contribution in [0.5, 0.6) is 5.88 Å². The third kappa shape index (κ3) is 6.01. The van der Waals surface area contributed by atoms with Crippen molar-refractivity contribution in [1.29, 1.82) is 0 Å². The number of nitrogens with zero attached hydrogens (tertiary/aromatic N) is 4. The van der Waals surface area contributed by atoms with Crippen LogP contribution in [0.1, 0.15) is 33.6 Å². The van der Waals surface area contributed by atoms with Gasteiger partial charge in [-0.3, -0.25) is 0 Å². The first-order valence-electron chi connectivity index (χ1n) is 11.5. The van der Waals surface area contributed by atoms with E-state index in [1.54, 1.807) is 4.90 Å². The Morgan fingerprint density at radius 3 is 2.69 bits per heavy atom. The van der Waals surface area contributed by atoms with Gasteiger partial charge in [0.15, 0.2) is 0 Å². The van der Waals surface area contributed by atoms with Crippen molar-refractivity contribution in [2.45, 2.75) is 72.1 Å². The van der Waals surface area contributed by atoms with Crippen LogP contribution in [0.2, 0.25) is 25.7 Å². The summed E-state index contributed by atoms with van der Waals surface area (Å²) in [4.78, 5) is 22.2. The zero-order chi connectivity index (χ0) is 23.5. The summed E-state index contributed by atoms with van der Waals surface area (Å²) in [7, 11) is -1.12. The third-order valence-corrected chi connectivity index (χ3v) is 7.77. The maximum atomic E-state index is 11.8. The van der Waals surface area contributed by atoms with Crippen LogP contribution >= 0.6 is 0 Å². The molecule has 2 unspecified atom stereocenters. The molecular formula is C23H38N4O4Si.